The van der Waals surface area contributed by atoms with Gasteiger partial charge in [-0.2, -0.15) is 10.2 Å². The second-order valence-electron chi connectivity index (χ2n) is 11.0. The molecule has 0 atom stereocenters. The Labute approximate surface area is 283 Å². The van der Waals surface area contributed by atoms with Gasteiger partial charge in [0, 0.05) is 38.9 Å². The fourth-order valence-corrected chi connectivity index (χ4v) is 4.83. The summed E-state index contributed by atoms with van der Waals surface area (Å²) in [6.07, 6.45) is 8.77. The highest BCUT2D eigenvalue weighted by atomic mass is 19.1. The minimum Gasteiger partial charge on any atom is -0.478 e. The van der Waals surface area contributed by atoms with Crippen molar-refractivity contribution in [1.82, 2.24) is 34.4 Å². The molecule has 6 rings (SSSR count). The van der Waals surface area contributed by atoms with Crippen molar-refractivity contribution in [2.24, 2.45) is 0 Å². The van der Waals surface area contributed by atoms with E-state index in [0.717, 1.165) is 11.1 Å². The third kappa shape index (κ3) is 9.50. The molecule has 1 amide bonds. The van der Waals surface area contributed by atoms with Gasteiger partial charge >= 0.3 is 5.97 Å². The van der Waals surface area contributed by atoms with Crippen molar-refractivity contribution in [2.45, 2.75) is 33.1 Å². The van der Waals surface area contributed by atoms with Crippen LogP contribution in [0.1, 0.15) is 50.7 Å². The molecule has 2 aromatic carbocycles. The summed E-state index contributed by atoms with van der Waals surface area (Å²) in [5.74, 6) is -0.463. The van der Waals surface area contributed by atoms with Crippen LogP contribution in [0.4, 0.5) is 8.78 Å². The second kappa shape index (κ2) is 16.7. The highest BCUT2D eigenvalue weighted by Crippen LogP contribution is 2.17. The van der Waals surface area contributed by atoms with E-state index in [2.05, 4.69) is 20.2 Å². The first kappa shape index (κ1) is 35.8. The molecule has 10 nitrogen and oxygen atoms in total. The summed E-state index contributed by atoms with van der Waals surface area (Å²) in [6, 6.07) is 23.4. The number of nitrogens with zero attached hydrogens (tertiary/aromatic N) is 7. The lowest BCUT2D eigenvalue weighted by atomic mass is 10.1. The first-order valence-corrected chi connectivity index (χ1v) is 15.1. The highest BCUT2D eigenvalue weighted by molar-refractivity contribution is 5.95. The number of aromatic carboxylic acids is 1. The van der Waals surface area contributed by atoms with Crippen molar-refractivity contribution in [1.29, 1.82) is 0 Å². The smallest absolute Gasteiger partial charge is 0.339 e. The van der Waals surface area contributed by atoms with E-state index in [1.165, 1.54) is 40.0 Å². The van der Waals surface area contributed by atoms with Gasteiger partial charge in [-0.05, 0) is 85.3 Å². The van der Waals surface area contributed by atoms with Crippen LogP contribution in [0.25, 0.3) is 11.6 Å². The number of amides is 1. The average molecular weight is 666 g/mol. The molecule has 4 heterocycles. The number of pyridine rings is 2. The van der Waals surface area contributed by atoms with Gasteiger partial charge in [0.2, 0.25) is 0 Å². The number of hydrogen-bond donors (Lipinski definition) is 1. The van der Waals surface area contributed by atoms with Crippen LogP contribution >= 0.6 is 0 Å². The van der Waals surface area contributed by atoms with Gasteiger partial charge in [-0.25, -0.2) is 32.9 Å². The van der Waals surface area contributed by atoms with Crippen LogP contribution in [0.3, 0.4) is 0 Å². The maximum atomic E-state index is 13.0. The lowest BCUT2D eigenvalue weighted by Crippen LogP contribution is -2.22. The number of carboxylic acid groups (broad SMARTS) is 1. The Morgan fingerprint density at radius 2 is 1.08 bits per heavy atom. The van der Waals surface area contributed by atoms with Gasteiger partial charge < -0.3 is 10.0 Å². The summed E-state index contributed by atoms with van der Waals surface area (Å²) >= 11 is 0. The van der Waals surface area contributed by atoms with Crippen molar-refractivity contribution in [3.05, 3.63) is 155 Å². The monoisotopic (exact) mass is 665 g/mol. The Balaban J connectivity index is 0.000000217. The number of carboxylic acids is 1. The minimum atomic E-state index is -1.03. The SMILES string of the molecule is C.CN(C)C(=O)c1cn(-c2ccccn2)nc1CCc1ccc(F)cc1.O=C(O)c1cn(-c2ccccn2)nc1CCc1ccc(F)cc1. The molecule has 0 bridgehead atoms. The van der Waals surface area contributed by atoms with Gasteiger partial charge in [0.05, 0.1) is 17.0 Å². The zero-order valence-corrected chi connectivity index (χ0v) is 26.4. The molecule has 12 heteroatoms. The lowest BCUT2D eigenvalue weighted by Gasteiger charge is -2.09. The van der Waals surface area contributed by atoms with Crippen LogP contribution in [0, 0.1) is 11.6 Å². The average Bonchev–Trinajstić information content (AvgIpc) is 3.74. The number of rotatable bonds is 10. The van der Waals surface area contributed by atoms with E-state index in [0.29, 0.717) is 54.3 Å². The third-order valence-electron chi connectivity index (χ3n) is 7.34. The van der Waals surface area contributed by atoms with Gasteiger partial charge in [-0.1, -0.05) is 43.8 Å². The Morgan fingerprint density at radius 3 is 1.47 bits per heavy atom. The van der Waals surface area contributed by atoms with E-state index < -0.39 is 5.97 Å². The normalized spacial score (nSPS) is 10.4. The van der Waals surface area contributed by atoms with E-state index in [1.807, 2.05) is 24.3 Å². The fourth-order valence-electron chi connectivity index (χ4n) is 4.83. The van der Waals surface area contributed by atoms with Crippen LogP contribution in [0.5, 0.6) is 0 Å². The van der Waals surface area contributed by atoms with Crippen molar-refractivity contribution in [3.63, 3.8) is 0 Å². The Hall–Kier alpha value is -6.04. The molecule has 0 aliphatic heterocycles. The van der Waals surface area contributed by atoms with Crippen LogP contribution in [-0.2, 0) is 25.7 Å². The molecule has 0 aliphatic rings. The van der Waals surface area contributed by atoms with Gasteiger partial charge in [0.1, 0.15) is 17.2 Å². The van der Waals surface area contributed by atoms with Gasteiger partial charge in [0.15, 0.2) is 11.6 Å². The number of benzene rings is 2. The van der Waals surface area contributed by atoms with Crippen LogP contribution in [0.2, 0.25) is 0 Å². The van der Waals surface area contributed by atoms with E-state index >= 15 is 0 Å². The molecule has 1 N–H and O–H groups in total. The third-order valence-corrected chi connectivity index (χ3v) is 7.34. The van der Waals surface area contributed by atoms with Crippen molar-refractivity contribution < 1.29 is 23.5 Å². The van der Waals surface area contributed by atoms with E-state index in [1.54, 1.807) is 73.8 Å². The lowest BCUT2D eigenvalue weighted by molar-refractivity contribution is 0.0695. The topological polar surface area (TPSA) is 119 Å². The van der Waals surface area contributed by atoms with Crippen LogP contribution < -0.4 is 0 Å². The van der Waals surface area contributed by atoms with Crippen LogP contribution in [-0.4, -0.2) is 65.5 Å². The first-order chi connectivity index (χ1) is 23.2. The van der Waals surface area contributed by atoms with Crippen molar-refractivity contribution in [2.75, 3.05) is 14.1 Å². The quantitative estimate of drug-likeness (QED) is 0.179. The molecule has 0 unspecified atom stereocenters. The van der Waals surface area contributed by atoms with E-state index in [-0.39, 0.29) is 30.5 Å². The molecule has 0 spiro atoms. The molecule has 6 aromatic rings. The molecule has 0 aliphatic carbocycles. The standard InChI is InChI=1S/C19H19FN4O.C17H14FN3O2.CH4/c1-23(2)19(25)16-13-24(18-5-3-4-12-21-18)22-17(16)11-8-14-6-9-15(20)10-7-14;18-13-7-4-12(5-8-13)6-9-15-14(17(22)23)11-21(20-15)16-3-1-2-10-19-16;/h3-7,9-10,12-13H,8,11H2,1-2H3;1-5,7-8,10-11H,6,9H2,(H,22,23);1H4. The number of hydrogen-bond acceptors (Lipinski definition) is 6. The maximum Gasteiger partial charge on any atom is 0.339 e. The van der Waals surface area contributed by atoms with Crippen LogP contribution in [0.15, 0.2) is 110 Å². The first-order valence-electron chi connectivity index (χ1n) is 15.1. The predicted octanol–water partition coefficient (Wildman–Crippen LogP) is 6.42. The summed E-state index contributed by atoms with van der Waals surface area (Å²) in [7, 11) is 3.42. The summed E-state index contributed by atoms with van der Waals surface area (Å²) in [6.45, 7) is 0. The Kier molecular flexibility index (Phi) is 12.2. The molecule has 0 radical (unpaired) electrons. The molecule has 0 saturated heterocycles. The number of aryl methyl sites for hydroxylation is 4. The van der Waals surface area contributed by atoms with Gasteiger partial charge in [-0.3, -0.25) is 4.79 Å². The molecular formula is C37H37F2N7O3. The summed E-state index contributed by atoms with van der Waals surface area (Å²) in [4.78, 5) is 33.8. The number of carbonyl (C=O) groups excluding carboxylic acids is 1. The van der Waals surface area contributed by atoms with Gasteiger partial charge in [0.25, 0.3) is 5.91 Å². The van der Waals surface area contributed by atoms with Gasteiger partial charge in [-0.15, -0.1) is 0 Å². The molecular weight excluding hydrogens is 628 g/mol. The second-order valence-corrected chi connectivity index (χ2v) is 11.0. The number of halogens is 2. The highest BCUT2D eigenvalue weighted by Gasteiger charge is 2.19. The number of aromatic nitrogens is 6. The molecule has 4 aromatic heterocycles. The summed E-state index contributed by atoms with van der Waals surface area (Å²) in [5.41, 5.74) is 3.81. The molecule has 252 valence electrons. The fraction of sp³-hybridized carbons (Fsp3) is 0.189. The van der Waals surface area contributed by atoms with Crippen molar-refractivity contribution in [3.8, 4) is 11.6 Å². The predicted molar refractivity (Wildman–Crippen MR) is 182 cm³/mol. The number of carbonyl (C=O) groups is 2. The Morgan fingerprint density at radius 1 is 0.653 bits per heavy atom. The van der Waals surface area contributed by atoms with E-state index in [4.69, 9.17) is 0 Å². The summed E-state index contributed by atoms with van der Waals surface area (Å²) < 4.78 is 29.0. The maximum absolute atomic E-state index is 13.0. The van der Waals surface area contributed by atoms with E-state index in [9.17, 15) is 23.5 Å². The zero-order valence-electron chi connectivity index (χ0n) is 26.4. The summed E-state index contributed by atoms with van der Waals surface area (Å²) in [5, 5.41) is 18.2. The molecule has 49 heavy (non-hydrogen) atoms. The largest absolute Gasteiger partial charge is 0.478 e. The van der Waals surface area contributed by atoms with Crippen molar-refractivity contribution >= 4 is 11.9 Å². The minimum absolute atomic E-state index is 0. The molecule has 0 fully saturated rings. The molecule has 0 saturated carbocycles. The zero-order chi connectivity index (χ0) is 34.0. The Bertz CT molecular complexity index is 1960.